The highest BCUT2D eigenvalue weighted by Crippen LogP contribution is 2.39. The molecule has 0 nitrogen and oxygen atoms in total. The van der Waals surface area contributed by atoms with Gasteiger partial charge in [-0.3, -0.25) is 0 Å². The summed E-state index contributed by atoms with van der Waals surface area (Å²) in [6.45, 7) is 11.2. The zero-order valence-corrected chi connectivity index (χ0v) is 15.2. The van der Waals surface area contributed by atoms with Crippen LogP contribution in [0.15, 0.2) is 0 Å². The Labute approximate surface area is 136 Å². The maximum Gasteiger partial charge on any atom is 0.0593 e. The van der Waals surface area contributed by atoms with Crippen molar-refractivity contribution in [3.8, 4) is 0 Å². The molecule has 0 aliphatic heterocycles. The standard InChI is InChI=1S/C20H31Cl/c1-13-14(2)16(4)20(17(5)15(13)3)19(21)12-18-10-8-6-7-9-11-18/h18-19H,6-12H2,1-5H3. The summed E-state index contributed by atoms with van der Waals surface area (Å²) in [4.78, 5) is 0. The highest BCUT2D eigenvalue weighted by Gasteiger charge is 2.22. The molecule has 2 rings (SSSR count). The smallest absolute Gasteiger partial charge is 0.0593 e. The van der Waals surface area contributed by atoms with Gasteiger partial charge in [-0.25, -0.2) is 0 Å². The molecule has 118 valence electrons. The molecule has 1 fully saturated rings. The molecular formula is C20H31Cl. The number of hydrogen-bond acceptors (Lipinski definition) is 0. The van der Waals surface area contributed by atoms with E-state index in [-0.39, 0.29) is 5.38 Å². The molecule has 1 atom stereocenters. The second-order valence-corrected chi connectivity index (χ2v) is 7.63. The molecule has 0 heterocycles. The largest absolute Gasteiger partial charge is 0.118 e. The van der Waals surface area contributed by atoms with Crippen LogP contribution < -0.4 is 0 Å². The lowest BCUT2D eigenvalue weighted by Crippen LogP contribution is -2.09. The monoisotopic (exact) mass is 306 g/mol. The minimum atomic E-state index is 0.186. The quantitative estimate of drug-likeness (QED) is 0.422. The van der Waals surface area contributed by atoms with Gasteiger partial charge in [0.1, 0.15) is 0 Å². The van der Waals surface area contributed by atoms with Crippen molar-refractivity contribution in [3.63, 3.8) is 0 Å². The summed E-state index contributed by atoms with van der Waals surface area (Å²) in [7, 11) is 0. The van der Waals surface area contributed by atoms with Crippen molar-refractivity contribution in [1.82, 2.24) is 0 Å². The van der Waals surface area contributed by atoms with Crippen LogP contribution in [0.3, 0.4) is 0 Å². The zero-order chi connectivity index (χ0) is 15.6. The summed E-state index contributed by atoms with van der Waals surface area (Å²) in [5.74, 6) is 0.829. The Bertz CT molecular complexity index is 464. The van der Waals surface area contributed by atoms with E-state index in [9.17, 15) is 0 Å². The van der Waals surface area contributed by atoms with Crippen LogP contribution in [-0.4, -0.2) is 0 Å². The van der Waals surface area contributed by atoms with Gasteiger partial charge in [0.25, 0.3) is 0 Å². The molecule has 1 unspecified atom stereocenters. The van der Waals surface area contributed by atoms with E-state index < -0.39 is 0 Å². The summed E-state index contributed by atoms with van der Waals surface area (Å²) >= 11 is 6.90. The van der Waals surface area contributed by atoms with Crippen molar-refractivity contribution >= 4 is 11.6 Å². The van der Waals surface area contributed by atoms with Gasteiger partial charge in [-0.1, -0.05) is 38.5 Å². The Balaban J connectivity index is 2.24. The van der Waals surface area contributed by atoms with Gasteiger partial charge < -0.3 is 0 Å². The van der Waals surface area contributed by atoms with Crippen molar-refractivity contribution in [2.45, 2.75) is 84.9 Å². The van der Waals surface area contributed by atoms with Crippen LogP contribution in [0.25, 0.3) is 0 Å². The third-order valence-electron chi connectivity index (χ3n) is 5.89. The van der Waals surface area contributed by atoms with Gasteiger partial charge in [-0.2, -0.15) is 0 Å². The van der Waals surface area contributed by atoms with E-state index in [1.807, 2.05) is 0 Å². The van der Waals surface area contributed by atoms with Crippen molar-refractivity contribution in [1.29, 1.82) is 0 Å². The molecule has 0 bridgehead atoms. The molecule has 0 amide bonds. The molecular weight excluding hydrogens is 276 g/mol. The first-order chi connectivity index (χ1) is 9.93. The van der Waals surface area contributed by atoms with E-state index in [2.05, 4.69) is 34.6 Å². The molecule has 21 heavy (non-hydrogen) atoms. The minimum absolute atomic E-state index is 0.186. The maximum absolute atomic E-state index is 6.90. The number of hydrogen-bond donors (Lipinski definition) is 0. The molecule has 0 N–H and O–H groups in total. The van der Waals surface area contributed by atoms with E-state index in [0.717, 1.165) is 12.3 Å². The van der Waals surface area contributed by atoms with Crippen molar-refractivity contribution in [2.75, 3.05) is 0 Å². The highest BCUT2D eigenvalue weighted by atomic mass is 35.5. The minimum Gasteiger partial charge on any atom is -0.118 e. The number of rotatable bonds is 3. The second-order valence-electron chi connectivity index (χ2n) is 7.10. The Morgan fingerprint density at radius 3 is 1.67 bits per heavy atom. The average Bonchev–Trinajstić information content (AvgIpc) is 2.72. The van der Waals surface area contributed by atoms with Crippen LogP contribution in [0.1, 0.15) is 83.7 Å². The average molecular weight is 307 g/mol. The maximum atomic E-state index is 6.90. The van der Waals surface area contributed by atoms with Crippen LogP contribution in [0, 0.1) is 40.5 Å². The van der Waals surface area contributed by atoms with Crippen molar-refractivity contribution in [3.05, 3.63) is 33.4 Å². The van der Waals surface area contributed by atoms with Crippen molar-refractivity contribution < 1.29 is 0 Å². The van der Waals surface area contributed by atoms with E-state index in [4.69, 9.17) is 11.6 Å². The van der Waals surface area contributed by atoms with E-state index in [0.29, 0.717) is 0 Å². The molecule has 1 aromatic carbocycles. The number of alkyl halides is 1. The summed E-state index contributed by atoms with van der Waals surface area (Å²) in [5.41, 5.74) is 8.56. The first-order valence-corrected chi connectivity index (χ1v) is 9.08. The highest BCUT2D eigenvalue weighted by molar-refractivity contribution is 6.21. The molecule has 1 aliphatic rings. The lowest BCUT2D eigenvalue weighted by atomic mass is 9.84. The van der Waals surface area contributed by atoms with Crippen LogP contribution in [0.2, 0.25) is 0 Å². The molecule has 0 saturated heterocycles. The Morgan fingerprint density at radius 1 is 0.762 bits per heavy atom. The first-order valence-electron chi connectivity index (χ1n) is 8.64. The first kappa shape index (κ1) is 16.9. The van der Waals surface area contributed by atoms with Gasteiger partial charge in [-0.05, 0) is 80.3 Å². The van der Waals surface area contributed by atoms with Crippen LogP contribution >= 0.6 is 11.6 Å². The Hall–Kier alpha value is -0.490. The summed E-state index contributed by atoms with van der Waals surface area (Å²) in [6, 6.07) is 0. The van der Waals surface area contributed by atoms with E-state index in [1.54, 1.807) is 0 Å². The normalized spacial score (nSPS) is 18.6. The number of halogens is 1. The fourth-order valence-electron chi connectivity index (χ4n) is 4.01. The molecule has 1 saturated carbocycles. The molecule has 1 aromatic rings. The summed E-state index contributed by atoms with van der Waals surface area (Å²) in [6.07, 6.45) is 9.56. The summed E-state index contributed by atoms with van der Waals surface area (Å²) in [5, 5.41) is 0.186. The predicted molar refractivity (Wildman–Crippen MR) is 94.5 cm³/mol. The molecule has 0 spiro atoms. The topological polar surface area (TPSA) is 0 Å². The van der Waals surface area contributed by atoms with Crippen LogP contribution in [0.4, 0.5) is 0 Å². The summed E-state index contributed by atoms with van der Waals surface area (Å²) < 4.78 is 0. The zero-order valence-electron chi connectivity index (χ0n) is 14.5. The second kappa shape index (κ2) is 7.18. The van der Waals surface area contributed by atoms with Gasteiger partial charge in [0, 0.05) is 0 Å². The Morgan fingerprint density at radius 2 is 1.19 bits per heavy atom. The third kappa shape index (κ3) is 3.65. The number of benzene rings is 1. The van der Waals surface area contributed by atoms with Gasteiger partial charge >= 0.3 is 0 Å². The van der Waals surface area contributed by atoms with Crippen LogP contribution in [-0.2, 0) is 0 Å². The van der Waals surface area contributed by atoms with Gasteiger partial charge in [0.15, 0.2) is 0 Å². The van der Waals surface area contributed by atoms with Crippen LogP contribution in [0.5, 0.6) is 0 Å². The van der Waals surface area contributed by atoms with Gasteiger partial charge in [0.05, 0.1) is 5.38 Å². The predicted octanol–water partition coefficient (Wildman–Crippen LogP) is 6.87. The lowest BCUT2D eigenvalue weighted by molar-refractivity contribution is 0.422. The third-order valence-corrected chi connectivity index (χ3v) is 6.28. The van der Waals surface area contributed by atoms with Gasteiger partial charge in [0.2, 0.25) is 0 Å². The lowest BCUT2D eigenvalue weighted by Gasteiger charge is -2.25. The molecule has 1 heteroatoms. The Kier molecular flexibility index (Phi) is 5.77. The molecule has 1 aliphatic carbocycles. The van der Waals surface area contributed by atoms with Gasteiger partial charge in [-0.15, -0.1) is 11.6 Å². The fraction of sp³-hybridized carbons (Fsp3) is 0.700. The SMILES string of the molecule is Cc1c(C)c(C)c(C(Cl)CC2CCCCCC2)c(C)c1C. The molecule has 0 radical (unpaired) electrons. The fourth-order valence-corrected chi connectivity index (χ4v) is 4.59. The molecule has 0 aromatic heterocycles. The van der Waals surface area contributed by atoms with E-state index >= 15 is 0 Å². The van der Waals surface area contributed by atoms with Crippen molar-refractivity contribution in [2.24, 2.45) is 5.92 Å². The van der Waals surface area contributed by atoms with E-state index in [1.165, 1.54) is 71.9 Å².